The molecule has 128 valence electrons. The van der Waals surface area contributed by atoms with Gasteiger partial charge in [-0.15, -0.1) is 10.2 Å². The summed E-state index contributed by atoms with van der Waals surface area (Å²) in [6.07, 6.45) is 4.10. The lowest BCUT2D eigenvalue weighted by molar-refractivity contribution is -0.123. The molecule has 0 unspecified atom stereocenters. The average Bonchev–Trinajstić information content (AvgIpc) is 3.38. The van der Waals surface area contributed by atoms with Crippen molar-refractivity contribution in [1.82, 2.24) is 20.1 Å². The van der Waals surface area contributed by atoms with Crippen LogP contribution < -0.4 is 10.1 Å². The van der Waals surface area contributed by atoms with Crippen molar-refractivity contribution in [2.45, 2.75) is 25.3 Å². The van der Waals surface area contributed by atoms with Gasteiger partial charge in [-0.3, -0.25) is 4.79 Å². The van der Waals surface area contributed by atoms with E-state index in [1.165, 1.54) is 12.8 Å². The summed E-state index contributed by atoms with van der Waals surface area (Å²) in [4.78, 5) is 12.0. The van der Waals surface area contributed by atoms with Crippen molar-refractivity contribution < 1.29 is 9.53 Å². The van der Waals surface area contributed by atoms with E-state index in [1.54, 1.807) is 6.33 Å². The van der Waals surface area contributed by atoms with Gasteiger partial charge < -0.3 is 14.6 Å². The lowest BCUT2D eigenvalue weighted by atomic mass is 10.1. The Balaban J connectivity index is 1.25. The molecule has 3 aromatic rings. The Morgan fingerprint density at radius 2 is 2.04 bits per heavy atom. The predicted molar refractivity (Wildman–Crippen MR) is 94.4 cm³/mol. The highest BCUT2D eigenvalue weighted by atomic mass is 16.5. The third kappa shape index (κ3) is 3.79. The number of ether oxygens (including phenoxy) is 1. The Labute approximate surface area is 145 Å². The third-order valence-corrected chi connectivity index (χ3v) is 4.35. The van der Waals surface area contributed by atoms with Crippen LogP contribution in [0.25, 0.3) is 10.8 Å². The summed E-state index contributed by atoms with van der Waals surface area (Å²) in [5.74, 6) is 2.15. The van der Waals surface area contributed by atoms with Crippen LogP contribution in [0.1, 0.15) is 24.6 Å². The number of fused-ring (bicyclic) bond motifs is 1. The predicted octanol–water partition coefficient (Wildman–Crippen LogP) is 2.50. The van der Waals surface area contributed by atoms with E-state index in [1.807, 2.05) is 47.0 Å². The molecule has 4 rings (SSSR count). The van der Waals surface area contributed by atoms with E-state index in [4.69, 9.17) is 4.74 Å². The third-order valence-electron chi connectivity index (χ3n) is 4.35. The normalized spacial score (nSPS) is 13.8. The molecular formula is C19H20N4O2. The van der Waals surface area contributed by atoms with Gasteiger partial charge in [-0.25, -0.2) is 0 Å². The van der Waals surface area contributed by atoms with E-state index in [-0.39, 0.29) is 12.5 Å². The van der Waals surface area contributed by atoms with Crippen LogP contribution in [0.4, 0.5) is 0 Å². The highest BCUT2D eigenvalue weighted by molar-refractivity contribution is 5.84. The molecule has 0 atom stereocenters. The number of nitrogens with zero attached hydrogens (tertiary/aromatic N) is 3. The molecule has 6 nitrogen and oxygen atoms in total. The number of nitrogens with one attached hydrogen (secondary N) is 1. The maximum atomic E-state index is 12.0. The number of aromatic nitrogens is 3. The second-order valence-electron chi connectivity index (χ2n) is 6.30. The topological polar surface area (TPSA) is 69.0 Å². The van der Waals surface area contributed by atoms with E-state index in [2.05, 4.69) is 15.5 Å². The smallest absolute Gasteiger partial charge is 0.258 e. The molecule has 1 saturated carbocycles. The number of carbonyl (C=O) groups excluding carboxylic acids is 1. The molecule has 2 aromatic carbocycles. The first-order valence-corrected chi connectivity index (χ1v) is 8.55. The van der Waals surface area contributed by atoms with E-state index >= 15 is 0 Å². The molecule has 6 heteroatoms. The fourth-order valence-corrected chi connectivity index (χ4v) is 2.87. The van der Waals surface area contributed by atoms with E-state index in [9.17, 15) is 4.79 Å². The van der Waals surface area contributed by atoms with Crippen LogP contribution in [0.5, 0.6) is 5.75 Å². The maximum Gasteiger partial charge on any atom is 0.258 e. The van der Waals surface area contributed by atoms with Gasteiger partial charge in [-0.05, 0) is 35.7 Å². The number of hydrogen-bond acceptors (Lipinski definition) is 4. The fraction of sp³-hybridized carbons (Fsp3) is 0.316. The van der Waals surface area contributed by atoms with Gasteiger partial charge in [0.25, 0.3) is 5.91 Å². The van der Waals surface area contributed by atoms with E-state index in [0.29, 0.717) is 24.8 Å². The quantitative estimate of drug-likeness (QED) is 0.720. The molecule has 1 aliphatic rings. The van der Waals surface area contributed by atoms with Crippen molar-refractivity contribution in [2.75, 3.05) is 13.2 Å². The van der Waals surface area contributed by atoms with Crippen LogP contribution in [-0.4, -0.2) is 33.8 Å². The van der Waals surface area contributed by atoms with Crippen LogP contribution >= 0.6 is 0 Å². The second kappa shape index (κ2) is 6.93. The molecule has 1 aromatic heterocycles. The largest absolute Gasteiger partial charge is 0.484 e. The number of benzene rings is 2. The minimum Gasteiger partial charge on any atom is -0.484 e. The summed E-state index contributed by atoms with van der Waals surface area (Å²) in [6, 6.07) is 13.9. The van der Waals surface area contributed by atoms with Crippen LogP contribution in [0.2, 0.25) is 0 Å². The van der Waals surface area contributed by atoms with Crippen LogP contribution in [0.15, 0.2) is 48.8 Å². The summed E-state index contributed by atoms with van der Waals surface area (Å²) in [5.41, 5.74) is 0. The monoisotopic (exact) mass is 336 g/mol. The van der Waals surface area contributed by atoms with Crippen molar-refractivity contribution in [3.63, 3.8) is 0 Å². The number of rotatable bonds is 7. The minimum atomic E-state index is -0.130. The zero-order chi connectivity index (χ0) is 17.1. The van der Waals surface area contributed by atoms with Gasteiger partial charge in [0.15, 0.2) is 6.61 Å². The van der Waals surface area contributed by atoms with Crippen LogP contribution in [0.3, 0.4) is 0 Å². The van der Waals surface area contributed by atoms with Gasteiger partial charge in [0.2, 0.25) is 0 Å². The molecule has 1 heterocycles. The van der Waals surface area contributed by atoms with Crippen molar-refractivity contribution in [3.05, 3.63) is 54.6 Å². The Bertz CT molecular complexity index is 886. The molecule has 0 bridgehead atoms. The molecule has 0 radical (unpaired) electrons. The lowest BCUT2D eigenvalue weighted by Gasteiger charge is -2.09. The van der Waals surface area contributed by atoms with Crippen molar-refractivity contribution >= 4 is 16.7 Å². The van der Waals surface area contributed by atoms with E-state index in [0.717, 1.165) is 16.6 Å². The molecule has 1 amide bonds. The molecule has 0 aliphatic heterocycles. The number of carbonyl (C=O) groups is 1. The Morgan fingerprint density at radius 3 is 2.88 bits per heavy atom. The highest BCUT2D eigenvalue weighted by Gasteiger charge is 2.28. The summed E-state index contributed by atoms with van der Waals surface area (Å²) in [6.45, 7) is 1.23. The second-order valence-corrected chi connectivity index (χ2v) is 6.30. The summed E-state index contributed by atoms with van der Waals surface area (Å²) in [5, 5.41) is 13.2. The van der Waals surface area contributed by atoms with Gasteiger partial charge in [-0.2, -0.15) is 0 Å². The van der Waals surface area contributed by atoms with Crippen LogP contribution in [0, 0.1) is 0 Å². The molecular weight excluding hydrogens is 316 g/mol. The average molecular weight is 336 g/mol. The fourth-order valence-electron chi connectivity index (χ4n) is 2.87. The van der Waals surface area contributed by atoms with Crippen molar-refractivity contribution in [1.29, 1.82) is 0 Å². The lowest BCUT2D eigenvalue weighted by Crippen LogP contribution is -2.31. The first-order valence-electron chi connectivity index (χ1n) is 8.55. The standard InChI is InChI=1S/C19H20N4O2/c24-18(20-9-10-23-13-21-22-19(23)15-5-6-15)12-25-17-8-7-14-3-1-2-4-16(14)11-17/h1-4,7-8,11,13,15H,5-6,9-10,12H2,(H,20,24). The Morgan fingerprint density at radius 1 is 1.20 bits per heavy atom. The van der Waals surface area contributed by atoms with Gasteiger partial charge in [0, 0.05) is 19.0 Å². The summed E-state index contributed by atoms with van der Waals surface area (Å²) >= 11 is 0. The molecule has 1 aliphatic carbocycles. The molecule has 1 fully saturated rings. The Hall–Kier alpha value is -2.89. The maximum absolute atomic E-state index is 12.0. The minimum absolute atomic E-state index is 0.00992. The summed E-state index contributed by atoms with van der Waals surface area (Å²) in [7, 11) is 0. The zero-order valence-corrected chi connectivity index (χ0v) is 13.9. The number of amides is 1. The van der Waals surface area contributed by atoms with Gasteiger partial charge in [0.1, 0.15) is 17.9 Å². The zero-order valence-electron chi connectivity index (χ0n) is 13.9. The molecule has 0 spiro atoms. The van der Waals surface area contributed by atoms with Gasteiger partial charge in [0.05, 0.1) is 0 Å². The van der Waals surface area contributed by atoms with Gasteiger partial charge in [-0.1, -0.05) is 30.3 Å². The first-order chi connectivity index (χ1) is 12.3. The molecule has 1 N–H and O–H groups in total. The first kappa shape index (κ1) is 15.6. The van der Waals surface area contributed by atoms with Gasteiger partial charge >= 0.3 is 0 Å². The number of hydrogen-bond donors (Lipinski definition) is 1. The van der Waals surface area contributed by atoms with Crippen molar-refractivity contribution in [3.8, 4) is 5.75 Å². The summed E-state index contributed by atoms with van der Waals surface area (Å²) < 4.78 is 7.61. The van der Waals surface area contributed by atoms with Crippen LogP contribution in [-0.2, 0) is 11.3 Å². The Kier molecular flexibility index (Phi) is 4.33. The SMILES string of the molecule is O=C(COc1ccc2ccccc2c1)NCCn1cnnc1C1CC1. The molecule has 0 saturated heterocycles. The van der Waals surface area contributed by atoms with Crippen molar-refractivity contribution in [2.24, 2.45) is 0 Å². The molecule has 25 heavy (non-hydrogen) atoms. The highest BCUT2D eigenvalue weighted by Crippen LogP contribution is 2.38. The van der Waals surface area contributed by atoms with E-state index < -0.39 is 0 Å².